The van der Waals surface area contributed by atoms with Crippen molar-refractivity contribution >= 4 is 15.9 Å². The van der Waals surface area contributed by atoms with Crippen LogP contribution < -0.4 is 5.32 Å². The monoisotopic (exact) mass is 313 g/mol. The van der Waals surface area contributed by atoms with Crippen LogP contribution >= 0.6 is 15.9 Å². The van der Waals surface area contributed by atoms with E-state index >= 15 is 0 Å². The fourth-order valence-corrected chi connectivity index (χ4v) is 3.07. The van der Waals surface area contributed by atoms with E-state index in [1.807, 2.05) is 12.1 Å². The van der Waals surface area contributed by atoms with Crippen LogP contribution in [0.5, 0.6) is 0 Å². The lowest BCUT2D eigenvalue weighted by Crippen LogP contribution is -2.34. The highest BCUT2D eigenvalue weighted by molar-refractivity contribution is 9.10. The molecule has 0 bridgehead atoms. The molecular formula is C15H21BrFN. The second kappa shape index (κ2) is 5.30. The summed E-state index contributed by atoms with van der Waals surface area (Å²) < 4.78 is 14.7. The molecule has 1 aliphatic rings. The smallest absolute Gasteiger partial charge is 0.127 e. The van der Waals surface area contributed by atoms with Crippen LogP contribution in [-0.4, -0.2) is 12.6 Å². The van der Waals surface area contributed by atoms with Crippen molar-refractivity contribution in [3.05, 3.63) is 34.1 Å². The Hall–Kier alpha value is -0.410. The average Bonchev–Trinajstić information content (AvgIpc) is 2.90. The molecule has 1 fully saturated rings. The predicted octanol–water partition coefficient (Wildman–Crippen LogP) is 4.15. The minimum Gasteiger partial charge on any atom is -0.314 e. The van der Waals surface area contributed by atoms with Gasteiger partial charge in [0.05, 0.1) is 0 Å². The van der Waals surface area contributed by atoms with E-state index < -0.39 is 0 Å². The summed E-state index contributed by atoms with van der Waals surface area (Å²) in [4.78, 5) is 0. The van der Waals surface area contributed by atoms with E-state index in [2.05, 4.69) is 42.0 Å². The lowest BCUT2D eigenvalue weighted by atomic mass is 9.97. The average molecular weight is 314 g/mol. The van der Waals surface area contributed by atoms with Crippen LogP contribution in [-0.2, 0) is 6.42 Å². The second-order valence-electron chi connectivity index (χ2n) is 5.90. The molecule has 3 heteroatoms. The van der Waals surface area contributed by atoms with Gasteiger partial charge in [-0.05, 0) is 48.4 Å². The maximum absolute atomic E-state index is 13.9. The van der Waals surface area contributed by atoms with E-state index in [9.17, 15) is 4.39 Å². The minimum absolute atomic E-state index is 0.106. The summed E-state index contributed by atoms with van der Waals surface area (Å²) in [6.07, 6.45) is 2.02. The van der Waals surface area contributed by atoms with Crippen LogP contribution in [0.2, 0.25) is 0 Å². The Kier molecular flexibility index (Phi) is 4.12. The van der Waals surface area contributed by atoms with Crippen molar-refractivity contribution in [3.63, 3.8) is 0 Å². The van der Waals surface area contributed by atoms with Crippen molar-refractivity contribution in [2.75, 3.05) is 6.54 Å². The molecule has 0 radical (unpaired) electrons. The van der Waals surface area contributed by atoms with E-state index in [0.717, 1.165) is 23.0 Å². The summed E-state index contributed by atoms with van der Waals surface area (Å²) in [5, 5.41) is 3.51. The number of rotatable bonds is 5. The molecule has 0 saturated heterocycles. The maximum atomic E-state index is 13.9. The third-order valence-electron chi connectivity index (χ3n) is 4.00. The van der Waals surface area contributed by atoms with Crippen molar-refractivity contribution in [1.29, 1.82) is 0 Å². The summed E-state index contributed by atoms with van der Waals surface area (Å²) >= 11 is 3.30. The Morgan fingerprint density at radius 2 is 2.17 bits per heavy atom. The molecule has 2 rings (SSSR count). The highest BCUT2D eigenvalue weighted by Crippen LogP contribution is 2.54. The molecule has 1 aromatic rings. The van der Waals surface area contributed by atoms with E-state index in [1.165, 1.54) is 6.42 Å². The molecule has 0 heterocycles. The number of hydrogen-bond donors (Lipinski definition) is 1. The molecule has 0 spiro atoms. The number of hydrogen-bond acceptors (Lipinski definition) is 1. The lowest BCUT2D eigenvalue weighted by molar-refractivity contribution is 0.404. The largest absolute Gasteiger partial charge is 0.314 e. The van der Waals surface area contributed by atoms with E-state index in [0.29, 0.717) is 17.4 Å². The fraction of sp³-hybridized carbons (Fsp3) is 0.600. The van der Waals surface area contributed by atoms with Gasteiger partial charge in [-0.25, -0.2) is 4.39 Å². The van der Waals surface area contributed by atoms with Gasteiger partial charge in [-0.3, -0.25) is 0 Å². The van der Waals surface area contributed by atoms with Crippen LogP contribution in [0.15, 0.2) is 22.7 Å². The SMILES string of the molecule is CCNC(Cc1ccc(Br)cc1F)C1CC1(C)C. The number of likely N-dealkylation sites (N-methyl/N-ethyl adjacent to an activating group) is 1. The topological polar surface area (TPSA) is 12.0 Å². The summed E-state index contributed by atoms with van der Waals surface area (Å²) in [7, 11) is 0. The highest BCUT2D eigenvalue weighted by atomic mass is 79.9. The normalized spacial score (nSPS) is 22.8. The van der Waals surface area contributed by atoms with E-state index in [4.69, 9.17) is 0 Å². The van der Waals surface area contributed by atoms with Crippen molar-refractivity contribution in [2.45, 2.75) is 39.7 Å². The molecule has 1 nitrogen and oxygen atoms in total. The van der Waals surface area contributed by atoms with Gasteiger partial charge in [0.15, 0.2) is 0 Å². The van der Waals surface area contributed by atoms with Crippen molar-refractivity contribution in [1.82, 2.24) is 5.32 Å². The predicted molar refractivity (Wildman–Crippen MR) is 77.2 cm³/mol. The summed E-state index contributed by atoms with van der Waals surface area (Å²) in [6.45, 7) is 7.63. The van der Waals surface area contributed by atoms with Gasteiger partial charge in [-0.15, -0.1) is 0 Å². The summed E-state index contributed by atoms with van der Waals surface area (Å²) in [5.41, 5.74) is 1.23. The standard InChI is InChI=1S/C15H21BrFN/c1-4-18-14(12-9-15(12,2)3)7-10-5-6-11(16)8-13(10)17/h5-6,8,12,14,18H,4,7,9H2,1-3H3. The van der Waals surface area contributed by atoms with Crippen molar-refractivity contribution < 1.29 is 4.39 Å². The highest BCUT2D eigenvalue weighted by Gasteiger charge is 2.49. The zero-order valence-corrected chi connectivity index (χ0v) is 12.8. The van der Waals surface area contributed by atoms with Gasteiger partial charge >= 0.3 is 0 Å². The Bertz CT molecular complexity index is 431. The maximum Gasteiger partial charge on any atom is 0.127 e. The summed E-state index contributed by atoms with van der Waals surface area (Å²) in [6, 6.07) is 5.75. The first-order valence-electron chi connectivity index (χ1n) is 6.61. The first-order valence-corrected chi connectivity index (χ1v) is 7.40. The molecule has 1 N–H and O–H groups in total. The molecule has 2 atom stereocenters. The Labute approximate surface area is 117 Å². The third-order valence-corrected chi connectivity index (χ3v) is 4.49. The molecule has 0 amide bonds. The first kappa shape index (κ1) is 14.0. The van der Waals surface area contributed by atoms with Crippen LogP contribution in [0, 0.1) is 17.2 Å². The van der Waals surface area contributed by atoms with Crippen LogP contribution in [0.4, 0.5) is 4.39 Å². The van der Waals surface area contributed by atoms with Gasteiger partial charge in [0.1, 0.15) is 5.82 Å². The summed E-state index contributed by atoms with van der Waals surface area (Å²) in [5.74, 6) is 0.561. The molecule has 100 valence electrons. The van der Waals surface area contributed by atoms with E-state index in [-0.39, 0.29) is 5.82 Å². The number of halogens is 2. The van der Waals surface area contributed by atoms with Gasteiger partial charge in [0.2, 0.25) is 0 Å². The van der Waals surface area contributed by atoms with Crippen molar-refractivity contribution in [2.24, 2.45) is 11.3 Å². The first-order chi connectivity index (χ1) is 8.44. The molecule has 18 heavy (non-hydrogen) atoms. The molecule has 0 aromatic heterocycles. The molecule has 0 aliphatic heterocycles. The number of nitrogens with one attached hydrogen (secondary N) is 1. The third kappa shape index (κ3) is 3.12. The fourth-order valence-electron chi connectivity index (χ4n) is 2.74. The second-order valence-corrected chi connectivity index (χ2v) is 6.82. The zero-order valence-electron chi connectivity index (χ0n) is 11.3. The van der Waals surface area contributed by atoms with Crippen molar-refractivity contribution in [3.8, 4) is 0 Å². The van der Waals surface area contributed by atoms with Crippen LogP contribution in [0.3, 0.4) is 0 Å². The lowest BCUT2D eigenvalue weighted by Gasteiger charge is -2.20. The number of benzene rings is 1. The van der Waals surface area contributed by atoms with Gasteiger partial charge in [0.25, 0.3) is 0 Å². The Balaban J connectivity index is 2.09. The van der Waals surface area contributed by atoms with Crippen LogP contribution in [0.25, 0.3) is 0 Å². The molecule has 2 unspecified atom stereocenters. The molecule has 1 saturated carbocycles. The van der Waals surface area contributed by atoms with Gasteiger partial charge in [0, 0.05) is 10.5 Å². The minimum atomic E-state index is -0.106. The Morgan fingerprint density at radius 3 is 2.67 bits per heavy atom. The van der Waals surface area contributed by atoms with E-state index in [1.54, 1.807) is 6.07 Å². The van der Waals surface area contributed by atoms with Gasteiger partial charge < -0.3 is 5.32 Å². The van der Waals surface area contributed by atoms with Gasteiger partial charge in [-0.2, -0.15) is 0 Å². The zero-order chi connectivity index (χ0) is 13.3. The molecule has 1 aromatic carbocycles. The molecule has 1 aliphatic carbocycles. The van der Waals surface area contributed by atoms with Crippen LogP contribution in [0.1, 0.15) is 32.8 Å². The quantitative estimate of drug-likeness (QED) is 0.861. The van der Waals surface area contributed by atoms with Gasteiger partial charge in [-0.1, -0.05) is 42.8 Å². The molecular weight excluding hydrogens is 293 g/mol. The Morgan fingerprint density at radius 1 is 1.50 bits per heavy atom.